The van der Waals surface area contributed by atoms with E-state index in [2.05, 4.69) is 25.5 Å². The quantitative estimate of drug-likeness (QED) is 0.588. The Bertz CT molecular complexity index is 1070. The molecule has 0 radical (unpaired) electrons. The van der Waals surface area contributed by atoms with Crippen LogP contribution in [0, 0.1) is 6.92 Å². The van der Waals surface area contributed by atoms with E-state index in [1.165, 1.54) is 6.33 Å². The van der Waals surface area contributed by atoms with Crippen molar-refractivity contribution in [2.75, 3.05) is 5.32 Å². The molecule has 0 aliphatic heterocycles. The molecule has 8 nitrogen and oxygen atoms in total. The van der Waals surface area contributed by atoms with Crippen LogP contribution in [0.2, 0.25) is 5.02 Å². The minimum absolute atomic E-state index is 0.0859. The first-order chi connectivity index (χ1) is 13.1. The highest BCUT2D eigenvalue weighted by Crippen LogP contribution is 2.16. The Morgan fingerprint density at radius 2 is 1.74 bits per heavy atom. The van der Waals surface area contributed by atoms with Crippen LogP contribution in [0.15, 0.2) is 61.2 Å². The van der Waals surface area contributed by atoms with E-state index < -0.39 is 0 Å². The van der Waals surface area contributed by atoms with E-state index in [0.717, 1.165) is 11.4 Å². The number of hydrogen-bond acceptors (Lipinski definition) is 5. The van der Waals surface area contributed by atoms with Gasteiger partial charge < -0.3 is 5.32 Å². The maximum atomic E-state index is 12.5. The fourth-order valence-corrected chi connectivity index (χ4v) is 2.67. The number of nitrogens with one attached hydrogen (secondary N) is 1. The molecule has 4 aromatic rings. The Labute approximate surface area is 159 Å². The summed E-state index contributed by atoms with van der Waals surface area (Å²) in [6.07, 6.45) is 3.06. The number of aryl methyl sites for hydroxylation is 1. The molecule has 2 aromatic heterocycles. The van der Waals surface area contributed by atoms with Crippen molar-refractivity contribution < 1.29 is 4.79 Å². The van der Waals surface area contributed by atoms with E-state index in [0.29, 0.717) is 16.5 Å². The zero-order valence-corrected chi connectivity index (χ0v) is 15.0. The van der Waals surface area contributed by atoms with Gasteiger partial charge in [-0.15, -0.1) is 5.10 Å². The van der Waals surface area contributed by atoms with Crippen molar-refractivity contribution in [3.63, 3.8) is 0 Å². The molecule has 9 heteroatoms. The molecule has 4 rings (SSSR count). The summed E-state index contributed by atoms with van der Waals surface area (Å²) in [6.45, 7) is 1.78. The van der Waals surface area contributed by atoms with Crippen molar-refractivity contribution >= 4 is 23.2 Å². The highest BCUT2D eigenvalue weighted by Gasteiger charge is 2.15. The van der Waals surface area contributed by atoms with Crippen molar-refractivity contribution in [3.8, 4) is 11.4 Å². The van der Waals surface area contributed by atoms with Gasteiger partial charge in [0.1, 0.15) is 18.5 Å². The summed E-state index contributed by atoms with van der Waals surface area (Å²) in [4.78, 5) is 20.6. The topological polar surface area (TPSA) is 90.5 Å². The molecule has 2 aromatic carbocycles. The molecule has 27 heavy (non-hydrogen) atoms. The first kappa shape index (κ1) is 16.9. The third-order valence-electron chi connectivity index (χ3n) is 3.85. The Balaban J connectivity index is 1.52. The number of rotatable bonds is 4. The normalized spacial score (nSPS) is 10.7. The molecule has 0 saturated heterocycles. The number of halogens is 1. The lowest BCUT2D eigenvalue weighted by atomic mass is 10.3. The number of benzene rings is 2. The van der Waals surface area contributed by atoms with Gasteiger partial charge in [-0.3, -0.25) is 4.79 Å². The Morgan fingerprint density at radius 1 is 1.04 bits per heavy atom. The van der Waals surface area contributed by atoms with E-state index in [9.17, 15) is 4.79 Å². The first-order valence-electron chi connectivity index (χ1n) is 8.06. The number of carbonyl (C=O) groups excluding carboxylic acids is 1. The second-order valence-electron chi connectivity index (χ2n) is 5.71. The van der Waals surface area contributed by atoms with E-state index in [1.807, 2.05) is 24.3 Å². The summed E-state index contributed by atoms with van der Waals surface area (Å²) in [5.41, 5.74) is 2.25. The fraction of sp³-hybridized carbons (Fsp3) is 0.0556. The van der Waals surface area contributed by atoms with Crippen LogP contribution in [0.25, 0.3) is 11.4 Å². The molecule has 0 saturated carbocycles. The van der Waals surface area contributed by atoms with Gasteiger partial charge in [-0.1, -0.05) is 11.6 Å². The Kier molecular flexibility index (Phi) is 4.39. The zero-order chi connectivity index (χ0) is 18.8. The van der Waals surface area contributed by atoms with Gasteiger partial charge in [0.2, 0.25) is 5.82 Å². The van der Waals surface area contributed by atoms with Crippen LogP contribution in [0.1, 0.15) is 16.4 Å². The molecule has 0 bridgehead atoms. The van der Waals surface area contributed by atoms with Crippen LogP contribution in [0.4, 0.5) is 5.69 Å². The van der Waals surface area contributed by atoms with Gasteiger partial charge in [-0.25, -0.2) is 19.3 Å². The summed E-state index contributed by atoms with van der Waals surface area (Å²) >= 11 is 5.91. The molecule has 1 N–H and O–H groups in total. The Hall–Kier alpha value is -3.52. The van der Waals surface area contributed by atoms with E-state index in [4.69, 9.17) is 11.6 Å². The van der Waals surface area contributed by atoms with Gasteiger partial charge in [0.25, 0.3) is 5.91 Å². The summed E-state index contributed by atoms with van der Waals surface area (Å²) in [6, 6.07) is 14.4. The Morgan fingerprint density at radius 3 is 2.41 bits per heavy atom. The zero-order valence-electron chi connectivity index (χ0n) is 14.2. The van der Waals surface area contributed by atoms with Gasteiger partial charge >= 0.3 is 0 Å². The van der Waals surface area contributed by atoms with E-state index in [1.54, 1.807) is 46.9 Å². The summed E-state index contributed by atoms with van der Waals surface area (Å²) in [5, 5.41) is 11.8. The van der Waals surface area contributed by atoms with Gasteiger partial charge in [0.05, 0.1) is 11.4 Å². The number of aromatic nitrogens is 6. The predicted molar refractivity (Wildman–Crippen MR) is 100 cm³/mol. The molecule has 2 heterocycles. The lowest BCUT2D eigenvalue weighted by Crippen LogP contribution is -2.14. The molecule has 0 fully saturated rings. The molecule has 0 unspecified atom stereocenters. The molecule has 0 atom stereocenters. The number of amides is 1. The predicted octanol–water partition coefficient (Wildman–Crippen LogP) is 3.06. The average molecular weight is 380 g/mol. The van der Waals surface area contributed by atoms with Gasteiger partial charge in [-0.2, -0.15) is 5.10 Å². The number of nitrogens with zero attached hydrogens (tertiary/aromatic N) is 6. The third kappa shape index (κ3) is 3.56. The second kappa shape index (κ2) is 7.00. The molecular formula is C18H14ClN7O. The van der Waals surface area contributed by atoms with Crippen molar-refractivity contribution in [1.82, 2.24) is 29.5 Å². The third-order valence-corrected chi connectivity index (χ3v) is 4.10. The van der Waals surface area contributed by atoms with Crippen LogP contribution >= 0.6 is 11.6 Å². The van der Waals surface area contributed by atoms with Gasteiger partial charge in [0, 0.05) is 10.7 Å². The van der Waals surface area contributed by atoms with E-state index >= 15 is 0 Å². The van der Waals surface area contributed by atoms with Crippen LogP contribution in [-0.4, -0.2) is 35.4 Å². The van der Waals surface area contributed by atoms with Crippen molar-refractivity contribution in [3.05, 3.63) is 77.9 Å². The number of anilines is 1. The molecule has 0 aliphatic rings. The van der Waals surface area contributed by atoms with Crippen LogP contribution in [-0.2, 0) is 0 Å². The minimum atomic E-state index is -0.390. The maximum absolute atomic E-state index is 12.5. The van der Waals surface area contributed by atoms with E-state index in [-0.39, 0.29) is 11.7 Å². The van der Waals surface area contributed by atoms with Gasteiger partial charge in [0.15, 0.2) is 0 Å². The highest BCUT2D eigenvalue weighted by molar-refractivity contribution is 6.30. The summed E-state index contributed by atoms with van der Waals surface area (Å²) in [7, 11) is 0. The minimum Gasteiger partial charge on any atom is -0.319 e. The highest BCUT2D eigenvalue weighted by atomic mass is 35.5. The van der Waals surface area contributed by atoms with Crippen LogP contribution in [0.5, 0.6) is 0 Å². The monoisotopic (exact) mass is 379 g/mol. The lowest BCUT2D eigenvalue weighted by molar-refractivity contribution is 0.101. The number of hydrogen-bond donors (Lipinski definition) is 1. The lowest BCUT2D eigenvalue weighted by Gasteiger charge is -2.05. The number of carbonyl (C=O) groups is 1. The van der Waals surface area contributed by atoms with Gasteiger partial charge in [-0.05, 0) is 55.5 Å². The van der Waals surface area contributed by atoms with Crippen molar-refractivity contribution in [2.45, 2.75) is 6.92 Å². The summed E-state index contributed by atoms with van der Waals surface area (Å²) < 4.78 is 3.23. The smallest absolute Gasteiger partial charge is 0.295 e. The second-order valence-corrected chi connectivity index (χ2v) is 6.15. The van der Waals surface area contributed by atoms with Crippen molar-refractivity contribution in [1.29, 1.82) is 0 Å². The SMILES string of the molecule is Cc1nc(C(=O)Nc2ccc(-n3cncn3)cc2)nn1-c1ccc(Cl)cc1. The first-order valence-corrected chi connectivity index (χ1v) is 8.44. The molecular weight excluding hydrogens is 366 g/mol. The molecule has 0 aliphatic carbocycles. The average Bonchev–Trinajstić information content (AvgIpc) is 3.33. The van der Waals surface area contributed by atoms with Crippen LogP contribution in [0.3, 0.4) is 0 Å². The molecule has 0 spiro atoms. The largest absolute Gasteiger partial charge is 0.319 e. The maximum Gasteiger partial charge on any atom is 0.295 e. The van der Waals surface area contributed by atoms with Crippen LogP contribution < -0.4 is 5.32 Å². The van der Waals surface area contributed by atoms with Crippen molar-refractivity contribution in [2.24, 2.45) is 0 Å². The standard InChI is InChI=1S/C18H14ClN7O/c1-12-22-17(24-26(12)16-6-2-13(19)3-7-16)18(27)23-14-4-8-15(9-5-14)25-11-20-10-21-25/h2-11H,1H3,(H,23,27). The molecule has 1 amide bonds. The molecule has 134 valence electrons. The fourth-order valence-electron chi connectivity index (χ4n) is 2.54. The summed E-state index contributed by atoms with van der Waals surface area (Å²) in [5.74, 6) is 0.297.